The number of nitrogens with two attached hydrogens (primary N) is 1. The van der Waals surface area contributed by atoms with Gasteiger partial charge in [-0.1, -0.05) is 25.1 Å². The number of carbonyl (C=O) groups excluding carboxylic acids is 1. The average Bonchev–Trinajstić information content (AvgIpc) is 2.34. The summed E-state index contributed by atoms with van der Waals surface area (Å²) in [7, 11) is 0. The quantitative estimate of drug-likeness (QED) is 0.658. The Morgan fingerprint density at radius 1 is 1.39 bits per heavy atom. The van der Waals surface area contributed by atoms with Crippen LogP contribution in [0.2, 0.25) is 0 Å². The highest BCUT2D eigenvalue weighted by molar-refractivity contribution is 5.77. The van der Waals surface area contributed by atoms with Crippen LogP contribution in [0.4, 0.5) is 5.69 Å². The predicted molar refractivity (Wildman–Crippen MR) is 69.0 cm³/mol. The lowest BCUT2D eigenvalue weighted by atomic mass is 10.1. The van der Waals surface area contributed by atoms with Gasteiger partial charge in [-0.15, -0.1) is 0 Å². The molecule has 0 aliphatic carbocycles. The van der Waals surface area contributed by atoms with Crippen molar-refractivity contribution >= 4 is 17.6 Å². The zero-order valence-corrected chi connectivity index (χ0v) is 10.3. The van der Waals surface area contributed by atoms with E-state index >= 15 is 0 Å². The van der Waals surface area contributed by atoms with Crippen molar-refractivity contribution in [2.45, 2.75) is 19.8 Å². The van der Waals surface area contributed by atoms with E-state index in [0.29, 0.717) is 18.5 Å². The van der Waals surface area contributed by atoms with Crippen LogP contribution in [0.1, 0.15) is 18.9 Å². The molecule has 0 spiro atoms. The number of carboxylic acid groups (broad SMARTS) is 1. The standard InChI is InChI=1S/C13H18N2O3/c1-9(13(17)18)8-15-12(16)7-6-10-4-2-3-5-11(10)14/h2-5,9H,6-8,14H2,1H3,(H,15,16)(H,17,18). The topological polar surface area (TPSA) is 92.4 Å². The van der Waals surface area contributed by atoms with Crippen molar-refractivity contribution in [3.8, 4) is 0 Å². The van der Waals surface area contributed by atoms with Crippen molar-refractivity contribution in [1.29, 1.82) is 0 Å². The van der Waals surface area contributed by atoms with Gasteiger partial charge in [0.15, 0.2) is 0 Å². The molecule has 0 radical (unpaired) electrons. The van der Waals surface area contributed by atoms with Crippen LogP contribution in [0, 0.1) is 5.92 Å². The number of aryl methyl sites for hydroxylation is 1. The van der Waals surface area contributed by atoms with E-state index in [4.69, 9.17) is 10.8 Å². The highest BCUT2D eigenvalue weighted by atomic mass is 16.4. The van der Waals surface area contributed by atoms with Crippen molar-refractivity contribution in [3.05, 3.63) is 29.8 Å². The minimum Gasteiger partial charge on any atom is -0.481 e. The predicted octanol–water partition coefficient (Wildman–Crippen LogP) is 1.04. The maximum Gasteiger partial charge on any atom is 0.308 e. The molecule has 0 heterocycles. The van der Waals surface area contributed by atoms with Gasteiger partial charge in [-0.3, -0.25) is 9.59 Å². The minimum absolute atomic E-state index is 0.151. The first-order valence-corrected chi connectivity index (χ1v) is 5.83. The lowest BCUT2D eigenvalue weighted by molar-refractivity contribution is -0.141. The van der Waals surface area contributed by atoms with E-state index in [2.05, 4.69) is 5.32 Å². The van der Waals surface area contributed by atoms with Crippen LogP contribution in [-0.4, -0.2) is 23.5 Å². The van der Waals surface area contributed by atoms with E-state index in [9.17, 15) is 9.59 Å². The number of aliphatic carboxylic acids is 1. The Morgan fingerprint density at radius 2 is 2.06 bits per heavy atom. The Balaban J connectivity index is 2.34. The maximum atomic E-state index is 11.5. The third-order valence-electron chi connectivity index (χ3n) is 2.70. The molecule has 0 saturated heterocycles. The molecule has 0 aliphatic rings. The van der Waals surface area contributed by atoms with E-state index in [1.807, 2.05) is 18.2 Å². The number of carbonyl (C=O) groups is 2. The molecular formula is C13H18N2O3. The monoisotopic (exact) mass is 250 g/mol. The minimum atomic E-state index is -0.914. The fraction of sp³-hybridized carbons (Fsp3) is 0.385. The summed E-state index contributed by atoms with van der Waals surface area (Å²) in [5.41, 5.74) is 7.36. The van der Waals surface area contributed by atoms with Gasteiger partial charge in [-0.2, -0.15) is 0 Å². The summed E-state index contributed by atoms with van der Waals surface area (Å²) >= 11 is 0. The van der Waals surface area contributed by atoms with Crippen molar-refractivity contribution < 1.29 is 14.7 Å². The van der Waals surface area contributed by atoms with Crippen LogP contribution in [0.3, 0.4) is 0 Å². The fourth-order valence-corrected chi connectivity index (χ4v) is 1.45. The number of benzene rings is 1. The largest absolute Gasteiger partial charge is 0.481 e. The number of hydrogen-bond acceptors (Lipinski definition) is 3. The molecule has 0 saturated carbocycles. The molecule has 18 heavy (non-hydrogen) atoms. The van der Waals surface area contributed by atoms with Crippen LogP contribution in [0.5, 0.6) is 0 Å². The van der Waals surface area contributed by atoms with Crippen molar-refractivity contribution in [3.63, 3.8) is 0 Å². The normalized spacial score (nSPS) is 11.8. The second-order valence-electron chi connectivity index (χ2n) is 4.24. The summed E-state index contributed by atoms with van der Waals surface area (Å²) < 4.78 is 0. The molecule has 0 aromatic heterocycles. The van der Waals surface area contributed by atoms with Crippen LogP contribution < -0.4 is 11.1 Å². The van der Waals surface area contributed by atoms with Crippen LogP contribution in [0.25, 0.3) is 0 Å². The summed E-state index contributed by atoms with van der Waals surface area (Å²) in [6, 6.07) is 7.38. The Morgan fingerprint density at radius 3 is 2.67 bits per heavy atom. The van der Waals surface area contributed by atoms with Gasteiger partial charge < -0.3 is 16.2 Å². The van der Waals surface area contributed by atoms with E-state index in [1.54, 1.807) is 13.0 Å². The van der Waals surface area contributed by atoms with Gasteiger partial charge in [0.1, 0.15) is 0 Å². The van der Waals surface area contributed by atoms with Gasteiger partial charge in [0.2, 0.25) is 5.91 Å². The summed E-state index contributed by atoms with van der Waals surface area (Å²) in [4.78, 5) is 22.1. The third kappa shape index (κ3) is 4.45. The molecule has 5 nitrogen and oxygen atoms in total. The summed E-state index contributed by atoms with van der Waals surface area (Å²) in [6.07, 6.45) is 0.862. The highest BCUT2D eigenvalue weighted by Crippen LogP contribution is 2.12. The van der Waals surface area contributed by atoms with Crippen LogP contribution >= 0.6 is 0 Å². The average molecular weight is 250 g/mol. The molecule has 98 valence electrons. The van der Waals surface area contributed by atoms with Crippen LogP contribution in [0.15, 0.2) is 24.3 Å². The van der Waals surface area contributed by atoms with Crippen molar-refractivity contribution in [2.24, 2.45) is 5.92 Å². The molecular weight excluding hydrogens is 232 g/mol. The van der Waals surface area contributed by atoms with Gasteiger partial charge in [0, 0.05) is 18.7 Å². The molecule has 1 rings (SSSR count). The van der Waals surface area contributed by atoms with E-state index in [1.165, 1.54) is 0 Å². The van der Waals surface area contributed by atoms with E-state index in [-0.39, 0.29) is 12.5 Å². The first kappa shape index (κ1) is 14.0. The van der Waals surface area contributed by atoms with Gasteiger partial charge >= 0.3 is 5.97 Å². The highest BCUT2D eigenvalue weighted by Gasteiger charge is 2.12. The molecule has 1 aromatic carbocycles. The summed E-state index contributed by atoms with van der Waals surface area (Å²) in [5.74, 6) is -1.65. The molecule has 0 fully saturated rings. The Kier molecular flexibility index (Phi) is 5.17. The molecule has 1 atom stereocenters. The summed E-state index contributed by atoms with van der Waals surface area (Å²) in [5, 5.41) is 11.3. The second kappa shape index (κ2) is 6.64. The number of rotatable bonds is 6. The number of para-hydroxylation sites is 1. The fourth-order valence-electron chi connectivity index (χ4n) is 1.45. The molecule has 0 bridgehead atoms. The lowest BCUT2D eigenvalue weighted by Gasteiger charge is -2.09. The SMILES string of the molecule is CC(CNC(=O)CCc1ccccc1N)C(=O)O. The van der Waals surface area contributed by atoms with Gasteiger partial charge in [0.25, 0.3) is 0 Å². The van der Waals surface area contributed by atoms with Gasteiger partial charge in [-0.05, 0) is 18.1 Å². The number of carboxylic acids is 1. The first-order chi connectivity index (χ1) is 8.50. The van der Waals surface area contributed by atoms with E-state index in [0.717, 1.165) is 5.56 Å². The number of anilines is 1. The zero-order chi connectivity index (χ0) is 13.5. The van der Waals surface area contributed by atoms with Gasteiger partial charge in [0.05, 0.1) is 5.92 Å². The smallest absolute Gasteiger partial charge is 0.308 e. The van der Waals surface area contributed by atoms with E-state index < -0.39 is 11.9 Å². The molecule has 1 unspecified atom stereocenters. The Hall–Kier alpha value is -2.04. The lowest BCUT2D eigenvalue weighted by Crippen LogP contribution is -2.31. The zero-order valence-electron chi connectivity index (χ0n) is 10.3. The number of amides is 1. The molecule has 1 aromatic rings. The van der Waals surface area contributed by atoms with Crippen molar-refractivity contribution in [1.82, 2.24) is 5.32 Å². The second-order valence-corrected chi connectivity index (χ2v) is 4.24. The first-order valence-electron chi connectivity index (χ1n) is 5.83. The maximum absolute atomic E-state index is 11.5. The summed E-state index contributed by atoms with van der Waals surface area (Å²) in [6.45, 7) is 1.70. The Bertz CT molecular complexity index is 432. The molecule has 1 amide bonds. The molecule has 0 aliphatic heterocycles. The third-order valence-corrected chi connectivity index (χ3v) is 2.70. The molecule has 5 heteroatoms. The Labute approximate surface area is 106 Å². The number of hydrogen-bond donors (Lipinski definition) is 3. The molecule has 4 N–H and O–H groups in total. The van der Waals surface area contributed by atoms with Crippen LogP contribution in [-0.2, 0) is 16.0 Å². The van der Waals surface area contributed by atoms with Crippen molar-refractivity contribution in [2.75, 3.05) is 12.3 Å². The number of nitrogens with one attached hydrogen (secondary N) is 1. The number of nitrogen functional groups attached to an aromatic ring is 1. The van der Waals surface area contributed by atoms with Gasteiger partial charge in [-0.25, -0.2) is 0 Å².